The van der Waals surface area contributed by atoms with Gasteiger partial charge in [-0.3, -0.25) is 0 Å². The lowest BCUT2D eigenvalue weighted by molar-refractivity contribution is 0.0272. The van der Waals surface area contributed by atoms with Crippen molar-refractivity contribution < 1.29 is 21.9 Å². The van der Waals surface area contributed by atoms with Crippen LogP contribution in [-0.4, -0.2) is 39.7 Å². The van der Waals surface area contributed by atoms with Crippen LogP contribution in [0.3, 0.4) is 0 Å². The third-order valence-electron chi connectivity index (χ3n) is 2.64. The van der Waals surface area contributed by atoms with Crippen LogP contribution in [0.5, 0.6) is 0 Å². The number of ether oxygens (including phenoxy) is 1. The smallest absolute Gasteiger partial charge is 0.256 e. The monoisotopic (exact) mass is 293 g/mol. The molecule has 106 valence electrons. The van der Waals surface area contributed by atoms with Gasteiger partial charge in [0.05, 0.1) is 13.2 Å². The molecular weight excluding hydrogens is 280 g/mol. The Morgan fingerprint density at radius 2 is 1.89 bits per heavy atom. The van der Waals surface area contributed by atoms with E-state index < -0.39 is 32.2 Å². The van der Waals surface area contributed by atoms with E-state index in [1.807, 2.05) is 0 Å². The van der Waals surface area contributed by atoms with Crippen LogP contribution >= 0.6 is 0 Å². The Bertz CT molecular complexity index is 574. The molecule has 0 aromatic heterocycles. The Morgan fingerprint density at radius 1 is 1.26 bits per heavy atom. The first-order chi connectivity index (χ1) is 8.92. The van der Waals surface area contributed by atoms with Crippen LogP contribution < -0.4 is 10.6 Å². The molecule has 0 atom stereocenters. The van der Waals surface area contributed by atoms with E-state index in [1.54, 1.807) is 0 Å². The van der Waals surface area contributed by atoms with Gasteiger partial charge in [-0.15, -0.1) is 4.83 Å². The van der Waals surface area contributed by atoms with Gasteiger partial charge in [0.2, 0.25) is 0 Å². The average Bonchev–Trinajstić information content (AvgIpc) is 2.36. The Balaban J connectivity index is 2.26. The van der Waals surface area contributed by atoms with Crippen molar-refractivity contribution in [2.75, 3.05) is 32.0 Å². The fraction of sp³-hybridized carbons (Fsp3) is 0.400. The lowest BCUT2D eigenvalue weighted by atomic mass is 10.3. The molecule has 6 nitrogen and oxygen atoms in total. The minimum absolute atomic E-state index is 0.345. The molecule has 9 heteroatoms. The summed E-state index contributed by atoms with van der Waals surface area (Å²) in [7, 11) is -4.13. The normalized spacial score (nSPS) is 17.6. The number of rotatable bonds is 3. The molecule has 3 N–H and O–H groups in total. The zero-order chi connectivity index (χ0) is 14.0. The molecule has 0 spiro atoms. The maximum atomic E-state index is 13.7. The third kappa shape index (κ3) is 3.00. The summed E-state index contributed by atoms with van der Waals surface area (Å²) in [4.78, 5) is 1.52. The molecule has 0 bridgehead atoms. The number of hydrogen-bond donors (Lipinski definition) is 2. The number of benzene rings is 1. The number of hydrogen-bond acceptors (Lipinski definition) is 5. The molecule has 1 aliphatic rings. The number of nitrogens with one attached hydrogen (secondary N) is 1. The number of halogens is 2. The molecule has 0 amide bonds. The third-order valence-corrected chi connectivity index (χ3v) is 4.03. The highest BCUT2D eigenvalue weighted by atomic mass is 32.2. The van der Waals surface area contributed by atoms with E-state index in [0.29, 0.717) is 26.3 Å². The van der Waals surface area contributed by atoms with Crippen LogP contribution in [0.4, 0.5) is 14.5 Å². The molecule has 0 saturated carbocycles. The predicted octanol–water partition coefficient (Wildman–Crippen LogP) is 0.0725. The highest BCUT2D eigenvalue weighted by molar-refractivity contribution is 7.89. The molecule has 1 aromatic rings. The van der Waals surface area contributed by atoms with Crippen LogP contribution in [0.15, 0.2) is 17.0 Å². The molecule has 19 heavy (non-hydrogen) atoms. The van der Waals surface area contributed by atoms with Crippen molar-refractivity contribution in [3.8, 4) is 0 Å². The molecular formula is C10H13F2N3O3S. The first-order valence-electron chi connectivity index (χ1n) is 5.50. The van der Waals surface area contributed by atoms with Crippen molar-refractivity contribution in [1.29, 1.82) is 0 Å². The summed E-state index contributed by atoms with van der Waals surface area (Å²) < 4.78 is 55.7. The van der Waals surface area contributed by atoms with Crippen molar-refractivity contribution in [2.45, 2.75) is 4.90 Å². The minimum Gasteiger partial charge on any atom is -0.394 e. The molecule has 0 radical (unpaired) electrons. The number of sulfonamides is 1. The van der Waals surface area contributed by atoms with Gasteiger partial charge in [-0.25, -0.2) is 22.2 Å². The van der Waals surface area contributed by atoms with Gasteiger partial charge < -0.3 is 10.5 Å². The highest BCUT2D eigenvalue weighted by Gasteiger charge is 2.25. The van der Waals surface area contributed by atoms with Crippen LogP contribution in [0.2, 0.25) is 0 Å². The predicted molar refractivity (Wildman–Crippen MR) is 63.5 cm³/mol. The number of hydrazine groups is 1. The summed E-state index contributed by atoms with van der Waals surface area (Å²) in [5, 5.41) is 1.39. The van der Waals surface area contributed by atoms with E-state index in [9.17, 15) is 17.2 Å². The maximum Gasteiger partial charge on any atom is 0.256 e. The first kappa shape index (κ1) is 14.1. The van der Waals surface area contributed by atoms with Gasteiger partial charge in [0.1, 0.15) is 16.4 Å². The van der Waals surface area contributed by atoms with Crippen molar-refractivity contribution in [3.05, 3.63) is 23.8 Å². The summed E-state index contributed by atoms with van der Waals surface area (Å²) >= 11 is 0. The van der Waals surface area contributed by atoms with Crippen molar-refractivity contribution in [2.24, 2.45) is 0 Å². The van der Waals surface area contributed by atoms with Crippen LogP contribution in [0.1, 0.15) is 0 Å². The number of morpholine rings is 1. The average molecular weight is 293 g/mol. The van der Waals surface area contributed by atoms with E-state index in [0.717, 1.165) is 12.1 Å². The molecule has 1 heterocycles. The van der Waals surface area contributed by atoms with Gasteiger partial charge in [-0.05, 0) is 12.1 Å². The van der Waals surface area contributed by atoms with Crippen molar-refractivity contribution in [3.63, 3.8) is 0 Å². The Morgan fingerprint density at radius 3 is 2.53 bits per heavy atom. The lowest BCUT2D eigenvalue weighted by Crippen LogP contribution is -2.48. The summed E-state index contributed by atoms with van der Waals surface area (Å²) in [6.45, 7) is 1.43. The summed E-state index contributed by atoms with van der Waals surface area (Å²) in [6, 6.07) is 1.65. The second-order valence-electron chi connectivity index (χ2n) is 3.97. The number of nitrogens with two attached hydrogens (primary N) is 1. The second-order valence-corrected chi connectivity index (χ2v) is 5.60. The van der Waals surface area contributed by atoms with E-state index in [-0.39, 0.29) is 0 Å². The van der Waals surface area contributed by atoms with Gasteiger partial charge >= 0.3 is 0 Å². The zero-order valence-electron chi connectivity index (χ0n) is 9.90. The molecule has 1 fully saturated rings. The maximum absolute atomic E-state index is 13.7. The van der Waals surface area contributed by atoms with Gasteiger partial charge in [0.25, 0.3) is 10.0 Å². The van der Waals surface area contributed by atoms with Crippen molar-refractivity contribution in [1.82, 2.24) is 9.84 Å². The number of nitrogens with zero attached hydrogens (tertiary/aromatic N) is 1. The van der Waals surface area contributed by atoms with E-state index >= 15 is 0 Å². The molecule has 1 aliphatic heterocycles. The van der Waals surface area contributed by atoms with Gasteiger partial charge in [-0.2, -0.15) is 0 Å². The van der Waals surface area contributed by atoms with E-state index in [2.05, 4.69) is 4.83 Å². The minimum atomic E-state index is -4.13. The van der Waals surface area contributed by atoms with E-state index in [4.69, 9.17) is 10.5 Å². The molecule has 1 aromatic carbocycles. The van der Waals surface area contributed by atoms with Crippen LogP contribution in [0.25, 0.3) is 0 Å². The van der Waals surface area contributed by atoms with Crippen LogP contribution in [-0.2, 0) is 14.8 Å². The number of nitrogen functional groups attached to an aromatic ring is 1. The van der Waals surface area contributed by atoms with Crippen molar-refractivity contribution >= 4 is 15.7 Å². The lowest BCUT2D eigenvalue weighted by Gasteiger charge is -2.26. The molecule has 1 saturated heterocycles. The fourth-order valence-corrected chi connectivity index (χ4v) is 2.84. The molecule has 0 unspecified atom stereocenters. The van der Waals surface area contributed by atoms with Gasteiger partial charge in [0.15, 0.2) is 5.82 Å². The van der Waals surface area contributed by atoms with Crippen LogP contribution in [0, 0.1) is 11.6 Å². The summed E-state index contributed by atoms with van der Waals surface area (Å²) in [5.41, 5.74) is 4.32. The molecule has 2 rings (SSSR count). The SMILES string of the molecule is Nc1c(F)ccc(S(=O)(=O)NN2CCOCC2)c1F. The zero-order valence-corrected chi connectivity index (χ0v) is 10.7. The highest BCUT2D eigenvalue weighted by Crippen LogP contribution is 2.22. The molecule has 0 aliphatic carbocycles. The Hall–Kier alpha value is -1.29. The van der Waals surface area contributed by atoms with E-state index in [1.165, 1.54) is 5.01 Å². The van der Waals surface area contributed by atoms with Gasteiger partial charge in [-0.1, -0.05) is 0 Å². The Kier molecular flexibility index (Phi) is 3.99. The first-order valence-corrected chi connectivity index (χ1v) is 6.99. The quantitative estimate of drug-likeness (QED) is 0.771. The summed E-state index contributed by atoms with van der Waals surface area (Å²) in [6.07, 6.45) is 0. The fourth-order valence-electron chi connectivity index (χ4n) is 1.63. The standard InChI is InChI=1S/C10H13F2N3O3S/c11-7-1-2-8(9(12)10(7)13)19(16,17)14-15-3-5-18-6-4-15/h1-2,14H,3-6,13H2. The van der Waals surface area contributed by atoms with Gasteiger partial charge in [0, 0.05) is 13.1 Å². The Labute approximate surface area is 109 Å². The topological polar surface area (TPSA) is 84.7 Å². The summed E-state index contributed by atoms with van der Waals surface area (Å²) in [5.74, 6) is -2.29. The largest absolute Gasteiger partial charge is 0.394 e. The number of anilines is 1. The second kappa shape index (κ2) is 5.37.